The van der Waals surface area contributed by atoms with Crippen molar-refractivity contribution in [3.8, 4) is 0 Å². The van der Waals surface area contributed by atoms with Crippen LogP contribution in [0.4, 0.5) is 8.78 Å². The predicted octanol–water partition coefficient (Wildman–Crippen LogP) is 3.92. The molecule has 2 heterocycles. The minimum atomic E-state index is -0.536. The highest BCUT2D eigenvalue weighted by Gasteiger charge is 2.28. The summed E-state index contributed by atoms with van der Waals surface area (Å²) in [5, 5.41) is 5.24. The van der Waals surface area contributed by atoms with Gasteiger partial charge in [-0.2, -0.15) is 5.10 Å². The van der Waals surface area contributed by atoms with Crippen LogP contribution in [0, 0.1) is 11.6 Å². The summed E-state index contributed by atoms with van der Waals surface area (Å²) in [4.78, 5) is 27.9. The fraction of sp³-hybridized carbons (Fsp3) is 0.160. The second kappa shape index (κ2) is 8.00. The highest BCUT2D eigenvalue weighted by Crippen LogP contribution is 2.26. The van der Waals surface area contributed by atoms with Crippen molar-refractivity contribution in [1.82, 2.24) is 14.7 Å². The van der Waals surface area contributed by atoms with Crippen LogP contribution in [0.15, 0.2) is 71.5 Å². The van der Waals surface area contributed by atoms with Crippen LogP contribution in [0.3, 0.4) is 0 Å². The number of nitrogens with zero attached hydrogens (tertiary/aromatic N) is 3. The van der Waals surface area contributed by atoms with E-state index in [0.29, 0.717) is 16.3 Å². The number of halogens is 2. The Labute approximate surface area is 182 Å². The second-order valence-corrected chi connectivity index (χ2v) is 7.81. The molecule has 1 aliphatic heterocycles. The molecule has 160 valence electrons. The number of benzene rings is 3. The molecule has 0 spiro atoms. The Morgan fingerprint density at radius 3 is 2.28 bits per heavy atom. The van der Waals surface area contributed by atoms with Gasteiger partial charge in [-0.1, -0.05) is 48.5 Å². The van der Waals surface area contributed by atoms with Crippen molar-refractivity contribution in [2.75, 3.05) is 6.54 Å². The molecule has 0 radical (unpaired) electrons. The first-order valence-electron chi connectivity index (χ1n) is 10.3. The monoisotopic (exact) mass is 431 g/mol. The molecule has 0 fully saturated rings. The molecule has 0 N–H and O–H groups in total. The average molecular weight is 431 g/mol. The number of rotatable bonds is 3. The van der Waals surface area contributed by atoms with E-state index < -0.39 is 17.5 Å². The van der Waals surface area contributed by atoms with Gasteiger partial charge in [-0.15, -0.1) is 0 Å². The van der Waals surface area contributed by atoms with Crippen molar-refractivity contribution >= 4 is 16.7 Å². The minimum Gasteiger partial charge on any atom is -0.332 e. The maximum absolute atomic E-state index is 14.3. The first kappa shape index (κ1) is 20.1. The van der Waals surface area contributed by atoms with Gasteiger partial charge in [-0.3, -0.25) is 9.59 Å². The Balaban J connectivity index is 1.57. The third kappa shape index (κ3) is 3.45. The highest BCUT2D eigenvalue weighted by molar-refractivity contribution is 6.04. The molecule has 5 nitrogen and oxygen atoms in total. The van der Waals surface area contributed by atoms with E-state index in [-0.39, 0.29) is 42.9 Å². The third-order valence-electron chi connectivity index (χ3n) is 5.83. The lowest BCUT2D eigenvalue weighted by molar-refractivity contribution is 0.0725. The Morgan fingerprint density at radius 1 is 0.875 bits per heavy atom. The smallest absolute Gasteiger partial charge is 0.275 e. The van der Waals surface area contributed by atoms with E-state index in [9.17, 15) is 18.4 Å². The number of aromatic nitrogens is 2. The Hall–Kier alpha value is -3.87. The summed E-state index contributed by atoms with van der Waals surface area (Å²) in [7, 11) is 0. The zero-order valence-electron chi connectivity index (χ0n) is 17.1. The SMILES string of the molecule is O=C(c1nn(Cc2ccccc2)c(=O)c2ccccc12)N1CCc2c(F)ccc(F)c2C1. The molecule has 0 atom stereocenters. The van der Waals surface area contributed by atoms with Gasteiger partial charge < -0.3 is 4.90 Å². The van der Waals surface area contributed by atoms with Gasteiger partial charge in [-0.25, -0.2) is 13.5 Å². The van der Waals surface area contributed by atoms with Gasteiger partial charge in [-0.05, 0) is 35.7 Å². The average Bonchev–Trinajstić information content (AvgIpc) is 2.83. The Morgan fingerprint density at radius 2 is 1.53 bits per heavy atom. The molecule has 1 aliphatic rings. The lowest BCUT2D eigenvalue weighted by Crippen LogP contribution is -2.38. The summed E-state index contributed by atoms with van der Waals surface area (Å²) in [6, 6.07) is 18.4. The molecule has 32 heavy (non-hydrogen) atoms. The number of amides is 1. The molecule has 0 bridgehead atoms. The minimum absolute atomic E-state index is 0.0500. The van der Waals surface area contributed by atoms with Crippen LogP contribution in [0.2, 0.25) is 0 Å². The zero-order chi connectivity index (χ0) is 22.2. The van der Waals surface area contributed by atoms with Crippen LogP contribution in [0.1, 0.15) is 27.2 Å². The molecular weight excluding hydrogens is 412 g/mol. The van der Waals surface area contributed by atoms with E-state index in [0.717, 1.165) is 17.7 Å². The number of hydrogen-bond acceptors (Lipinski definition) is 3. The number of carbonyl (C=O) groups excluding carboxylic acids is 1. The van der Waals surface area contributed by atoms with Crippen LogP contribution >= 0.6 is 0 Å². The van der Waals surface area contributed by atoms with Crippen LogP contribution in [-0.2, 0) is 19.5 Å². The molecule has 1 aromatic heterocycles. The van der Waals surface area contributed by atoms with Gasteiger partial charge in [0.1, 0.15) is 11.6 Å². The van der Waals surface area contributed by atoms with Crippen LogP contribution in [-0.4, -0.2) is 27.1 Å². The molecule has 1 amide bonds. The molecule has 5 rings (SSSR count). The van der Waals surface area contributed by atoms with Gasteiger partial charge >= 0.3 is 0 Å². The van der Waals surface area contributed by atoms with Crippen LogP contribution < -0.4 is 5.56 Å². The van der Waals surface area contributed by atoms with E-state index in [1.807, 2.05) is 30.3 Å². The van der Waals surface area contributed by atoms with E-state index in [1.54, 1.807) is 24.3 Å². The van der Waals surface area contributed by atoms with E-state index in [2.05, 4.69) is 5.10 Å². The quantitative estimate of drug-likeness (QED) is 0.494. The largest absolute Gasteiger partial charge is 0.332 e. The first-order valence-corrected chi connectivity index (χ1v) is 10.3. The lowest BCUT2D eigenvalue weighted by atomic mass is 9.98. The molecule has 0 aliphatic carbocycles. The van der Waals surface area contributed by atoms with Crippen molar-refractivity contribution in [2.45, 2.75) is 19.5 Å². The van der Waals surface area contributed by atoms with Crippen molar-refractivity contribution in [2.24, 2.45) is 0 Å². The molecule has 0 unspecified atom stereocenters. The fourth-order valence-corrected chi connectivity index (χ4v) is 4.17. The van der Waals surface area contributed by atoms with Crippen molar-refractivity contribution in [3.63, 3.8) is 0 Å². The van der Waals surface area contributed by atoms with Crippen molar-refractivity contribution in [1.29, 1.82) is 0 Å². The first-order chi connectivity index (χ1) is 15.5. The fourth-order valence-electron chi connectivity index (χ4n) is 4.17. The van der Waals surface area contributed by atoms with Gasteiger partial charge in [0.2, 0.25) is 0 Å². The second-order valence-electron chi connectivity index (χ2n) is 7.81. The van der Waals surface area contributed by atoms with E-state index in [1.165, 1.54) is 9.58 Å². The molecule has 3 aromatic carbocycles. The van der Waals surface area contributed by atoms with Crippen molar-refractivity contribution in [3.05, 3.63) is 111 Å². The summed E-state index contributed by atoms with van der Waals surface area (Å²) in [5.41, 5.74) is 1.20. The summed E-state index contributed by atoms with van der Waals surface area (Å²) in [5.74, 6) is -1.42. The van der Waals surface area contributed by atoms with E-state index in [4.69, 9.17) is 0 Å². The predicted molar refractivity (Wildman–Crippen MR) is 116 cm³/mol. The maximum atomic E-state index is 14.3. The lowest BCUT2D eigenvalue weighted by Gasteiger charge is -2.29. The molecule has 0 saturated carbocycles. The number of hydrogen-bond donors (Lipinski definition) is 0. The molecular formula is C25H19F2N3O2. The van der Waals surface area contributed by atoms with Gasteiger partial charge in [0.25, 0.3) is 11.5 Å². The molecule has 0 saturated heterocycles. The van der Waals surface area contributed by atoms with E-state index >= 15 is 0 Å². The zero-order valence-corrected chi connectivity index (χ0v) is 17.1. The topological polar surface area (TPSA) is 55.2 Å². The normalized spacial score (nSPS) is 13.2. The van der Waals surface area contributed by atoms with Crippen molar-refractivity contribution < 1.29 is 13.6 Å². The summed E-state index contributed by atoms with van der Waals surface area (Å²) >= 11 is 0. The van der Waals surface area contributed by atoms with Gasteiger partial charge in [0.05, 0.1) is 11.9 Å². The van der Waals surface area contributed by atoms with Crippen LogP contribution in [0.5, 0.6) is 0 Å². The standard InChI is InChI=1S/C25H19F2N3O2/c26-21-10-11-22(27)20-15-29(13-12-17(20)21)25(32)23-18-8-4-5-9-19(18)24(31)30(28-23)14-16-6-2-1-3-7-16/h1-11H,12-15H2. The summed E-state index contributed by atoms with van der Waals surface area (Å²) in [6.07, 6.45) is 0.215. The number of fused-ring (bicyclic) bond motifs is 2. The van der Waals surface area contributed by atoms with Gasteiger partial charge in [0.15, 0.2) is 5.69 Å². The van der Waals surface area contributed by atoms with Crippen LogP contribution in [0.25, 0.3) is 10.8 Å². The Kier molecular flexibility index (Phi) is 5.01. The maximum Gasteiger partial charge on any atom is 0.275 e. The summed E-state index contributed by atoms with van der Waals surface area (Å²) < 4.78 is 29.7. The highest BCUT2D eigenvalue weighted by atomic mass is 19.1. The number of carbonyl (C=O) groups is 1. The molecule has 4 aromatic rings. The Bertz CT molecular complexity index is 1400. The van der Waals surface area contributed by atoms with Gasteiger partial charge in [0, 0.05) is 24.0 Å². The summed E-state index contributed by atoms with van der Waals surface area (Å²) in [6.45, 7) is 0.402. The third-order valence-corrected chi connectivity index (χ3v) is 5.83. The molecule has 7 heteroatoms.